The van der Waals surface area contributed by atoms with Crippen molar-refractivity contribution in [2.75, 3.05) is 70.1 Å². The molecule has 1 aromatic carbocycles. The van der Waals surface area contributed by atoms with Gasteiger partial charge in [-0.2, -0.15) is 0 Å². The topological polar surface area (TPSA) is 91.4 Å². The van der Waals surface area contributed by atoms with Gasteiger partial charge in [-0.3, -0.25) is 9.10 Å². The molecule has 9 nitrogen and oxygen atoms in total. The molecule has 0 radical (unpaired) electrons. The van der Waals surface area contributed by atoms with E-state index < -0.39 is 16.1 Å². The second kappa shape index (κ2) is 9.84. The number of carbonyl (C=O) groups excluding carboxylic acids is 1. The molecule has 1 saturated heterocycles. The van der Waals surface area contributed by atoms with Crippen molar-refractivity contribution in [1.29, 1.82) is 0 Å². The summed E-state index contributed by atoms with van der Waals surface area (Å²) in [6.45, 7) is 8.06. The number of ether oxygens (including phenoxy) is 2. The lowest BCUT2D eigenvalue weighted by molar-refractivity contribution is -0.121. The fraction of sp³-hybridized carbons (Fsp3) is 0.650. The Balaban J connectivity index is 1.58. The smallest absolute Gasteiger partial charge is 0.243 e. The molecule has 0 unspecified atom stereocenters. The highest BCUT2D eigenvalue weighted by molar-refractivity contribution is 7.92. The summed E-state index contributed by atoms with van der Waals surface area (Å²) in [7, 11) is -1.56. The van der Waals surface area contributed by atoms with Gasteiger partial charge in [-0.05, 0) is 39.1 Å². The second-order valence-electron chi connectivity index (χ2n) is 7.85. The number of rotatable bonds is 8. The lowest BCUT2D eigenvalue weighted by atomic mass is 10.2. The minimum atomic E-state index is -3.68. The number of hydrogen-bond acceptors (Lipinski definition) is 7. The molecule has 0 saturated carbocycles. The Morgan fingerprint density at radius 3 is 2.50 bits per heavy atom. The first kappa shape index (κ1) is 22.6. The Morgan fingerprint density at radius 2 is 1.83 bits per heavy atom. The highest BCUT2D eigenvalue weighted by Crippen LogP contribution is 2.35. The first-order valence-electron chi connectivity index (χ1n) is 10.3. The number of nitrogens with one attached hydrogen (secondary N) is 1. The van der Waals surface area contributed by atoms with Gasteiger partial charge in [-0.15, -0.1) is 0 Å². The number of sulfonamides is 1. The van der Waals surface area contributed by atoms with E-state index in [1.807, 2.05) is 0 Å². The predicted molar refractivity (Wildman–Crippen MR) is 116 cm³/mol. The van der Waals surface area contributed by atoms with Crippen LogP contribution in [0, 0.1) is 0 Å². The SMILES string of the molecule is C[C@@H](C(=O)NCCCN1CCN(C)CC1)N(c1ccc2c(c1)OCCO2)S(C)(=O)=O. The van der Waals surface area contributed by atoms with Crippen molar-refractivity contribution in [1.82, 2.24) is 15.1 Å². The summed E-state index contributed by atoms with van der Waals surface area (Å²) < 4.78 is 37.1. The average molecular weight is 441 g/mol. The molecule has 1 N–H and O–H groups in total. The van der Waals surface area contributed by atoms with Crippen molar-refractivity contribution in [3.63, 3.8) is 0 Å². The van der Waals surface area contributed by atoms with Gasteiger partial charge in [-0.1, -0.05) is 0 Å². The third kappa shape index (κ3) is 5.77. The molecule has 3 rings (SSSR count). The summed E-state index contributed by atoms with van der Waals surface area (Å²) in [5.74, 6) is 0.723. The molecule has 1 atom stereocenters. The Hall–Kier alpha value is -2.04. The van der Waals surface area contributed by atoms with E-state index in [-0.39, 0.29) is 5.91 Å². The summed E-state index contributed by atoms with van der Waals surface area (Å²) >= 11 is 0. The Kier molecular flexibility index (Phi) is 7.43. The molecule has 168 valence electrons. The summed E-state index contributed by atoms with van der Waals surface area (Å²) in [6, 6.07) is 4.02. The highest BCUT2D eigenvalue weighted by atomic mass is 32.2. The van der Waals surface area contributed by atoms with Crippen molar-refractivity contribution < 1.29 is 22.7 Å². The average Bonchev–Trinajstić information content (AvgIpc) is 2.71. The number of likely N-dealkylation sites (N-methyl/N-ethyl adjacent to an activating group) is 1. The monoisotopic (exact) mass is 440 g/mol. The zero-order chi connectivity index (χ0) is 21.7. The molecule has 1 amide bonds. The molecule has 2 aliphatic heterocycles. The van der Waals surface area contributed by atoms with E-state index in [0.717, 1.165) is 49.7 Å². The van der Waals surface area contributed by atoms with Gasteiger partial charge in [0.25, 0.3) is 0 Å². The van der Waals surface area contributed by atoms with Crippen LogP contribution >= 0.6 is 0 Å². The number of nitrogens with zero attached hydrogens (tertiary/aromatic N) is 3. The fourth-order valence-corrected chi connectivity index (χ4v) is 4.88. The lowest BCUT2D eigenvalue weighted by Crippen LogP contribution is -2.48. The molecule has 2 aliphatic rings. The van der Waals surface area contributed by atoms with E-state index in [1.165, 1.54) is 0 Å². The minimum absolute atomic E-state index is 0.325. The van der Waals surface area contributed by atoms with Crippen LogP contribution in [0.25, 0.3) is 0 Å². The summed E-state index contributed by atoms with van der Waals surface area (Å²) in [5, 5.41) is 2.88. The van der Waals surface area contributed by atoms with Crippen LogP contribution in [0.2, 0.25) is 0 Å². The van der Waals surface area contributed by atoms with E-state index in [1.54, 1.807) is 25.1 Å². The molecule has 0 aliphatic carbocycles. The van der Waals surface area contributed by atoms with Crippen LogP contribution in [0.15, 0.2) is 18.2 Å². The second-order valence-corrected chi connectivity index (χ2v) is 9.71. The zero-order valence-electron chi connectivity index (χ0n) is 18.0. The van der Waals surface area contributed by atoms with Crippen molar-refractivity contribution in [2.24, 2.45) is 0 Å². The van der Waals surface area contributed by atoms with Gasteiger partial charge < -0.3 is 24.6 Å². The van der Waals surface area contributed by atoms with Gasteiger partial charge in [0.05, 0.1) is 11.9 Å². The maximum absolute atomic E-state index is 12.7. The molecular formula is C20H32N4O5S. The third-order valence-electron chi connectivity index (χ3n) is 5.41. The molecule has 0 spiro atoms. The molecule has 0 bridgehead atoms. The van der Waals surface area contributed by atoms with Crippen LogP contribution in [-0.4, -0.2) is 96.0 Å². The van der Waals surface area contributed by atoms with E-state index >= 15 is 0 Å². The van der Waals surface area contributed by atoms with Crippen LogP contribution in [0.5, 0.6) is 11.5 Å². The highest BCUT2D eigenvalue weighted by Gasteiger charge is 2.30. The number of piperazine rings is 1. The van der Waals surface area contributed by atoms with Crippen molar-refractivity contribution in [3.05, 3.63) is 18.2 Å². The standard InChI is InChI=1S/C20H32N4O5S/c1-16(20(25)21-7-4-8-23-11-9-22(2)10-12-23)24(30(3,26)27)17-5-6-18-19(15-17)29-14-13-28-18/h5-6,15-16H,4,7-14H2,1-3H3,(H,21,25)/t16-/m0/s1. The molecule has 30 heavy (non-hydrogen) atoms. The Bertz CT molecular complexity index is 840. The number of anilines is 1. The number of carbonyl (C=O) groups is 1. The van der Waals surface area contributed by atoms with Crippen LogP contribution in [0.1, 0.15) is 13.3 Å². The van der Waals surface area contributed by atoms with E-state index in [9.17, 15) is 13.2 Å². The van der Waals surface area contributed by atoms with Gasteiger partial charge in [0.2, 0.25) is 15.9 Å². The quantitative estimate of drug-likeness (QED) is 0.584. The van der Waals surface area contributed by atoms with E-state index in [2.05, 4.69) is 22.2 Å². The number of amides is 1. The van der Waals surface area contributed by atoms with Gasteiger partial charge in [0.15, 0.2) is 11.5 Å². The Labute approximate surface area is 179 Å². The first-order valence-corrected chi connectivity index (χ1v) is 12.2. The largest absolute Gasteiger partial charge is 0.486 e. The normalized spacial score (nSPS) is 18.6. The van der Waals surface area contributed by atoms with Gasteiger partial charge >= 0.3 is 0 Å². The minimum Gasteiger partial charge on any atom is -0.486 e. The number of benzene rings is 1. The molecule has 1 aromatic rings. The molecule has 10 heteroatoms. The lowest BCUT2D eigenvalue weighted by Gasteiger charge is -2.32. The molecule has 1 fully saturated rings. The number of hydrogen-bond donors (Lipinski definition) is 1. The van der Waals surface area contributed by atoms with Crippen molar-refractivity contribution in [2.45, 2.75) is 19.4 Å². The molecular weight excluding hydrogens is 408 g/mol. The van der Waals surface area contributed by atoms with Gasteiger partial charge in [0.1, 0.15) is 19.3 Å². The van der Waals surface area contributed by atoms with Crippen molar-refractivity contribution in [3.8, 4) is 11.5 Å². The first-order chi connectivity index (χ1) is 14.3. The van der Waals surface area contributed by atoms with E-state index in [0.29, 0.717) is 36.9 Å². The van der Waals surface area contributed by atoms with Crippen LogP contribution in [0.4, 0.5) is 5.69 Å². The molecule has 0 aromatic heterocycles. The molecule has 2 heterocycles. The van der Waals surface area contributed by atoms with E-state index in [4.69, 9.17) is 9.47 Å². The summed E-state index contributed by atoms with van der Waals surface area (Å²) in [4.78, 5) is 17.4. The van der Waals surface area contributed by atoms with Gasteiger partial charge in [0, 0.05) is 38.8 Å². The Morgan fingerprint density at radius 1 is 1.17 bits per heavy atom. The van der Waals surface area contributed by atoms with Crippen molar-refractivity contribution >= 4 is 21.6 Å². The zero-order valence-corrected chi connectivity index (χ0v) is 18.8. The third-order valence-corrected chi connectivity index (χ3v) is 6.66. The summed E-state index contributed by atoms with van der Waals surface area (Å²) in [5.41, 5.74) is 0.377. The number of fused-ring (bicyclic) bond motifs is 1. The van der Waals surface area contributed by atoms with Crippen LogP contribution in [-0.2, 0) is 14.8 Å². The fourth-order valence-electron chi connectivity index (χ4n) is 3.71. The van der Waals surface area contributed by atoms with Crippen LogP contribution < -0.4 is 19.1 Å². The van der Waals surface area contributed by atoms with Gasteiger partial charge in [-0.25, -0.2) is 8.42 Å². The predicted octanol–water partition coefficient (Wildman–Crippen LogP) is 0.366. The maximum atomic E-state index is 12.7. The maximum Gasteiger partial charge on any atom is 0.243 e. The summed E-state index contributed by atoms with van der Waals surface area (Å²) in [6.07, 6.45) is 1.92. The van der Waals surface area contributed by atoms with Crippen LogP contribution in [0.3, 0.4) is 0 Å².